The molecule has 5 rings (SSSR count). The van der Waals surface area contributed by atoms with E-state index in [1.54, 1.807) is 49.4 Å². The number of ketones is 2. The number of carbonyl (C=O) groups excluding carboxylic acids is 3. The summed E-state index contributed by atoms with van der Waals surface area (Å²) in [5, 5.41) is 12.0. The van der Waals surface area contributed by atoms with E-state index in [1.807, 2.05) is 12.1 Å². The lowest BCUT2D eigenvalue weighted by Gasteiger charge is -2.24. The highest BCUT2D eigenvalue weighted by Gasteiger charge is 2.46. The number of amides is 1. The van der Waals surface area contributed by atoms with Crippen molar-refractivity contribution >= 4 is 44.9 Å². The third-order valence-corrected chi connectivity index (χ3v) is 7.88. The van der Waals surface area contributed by atoms with Crippen LogP contribution in [-0.4, -0.2) is 34.2 Å². The van der Waals surface area contributed by atoms with Crippen LogP contribution in [0.25, 0.3) is 11.0 Å². The third kappa shape index (κ3) is 4.97. The molecule has 3 heterocycles. The van der Waals surface area contributed by atoms with E-state index in [9.17, 15) is 19.5 Å². The van der Waals surface area contributed by atoms with Gasteiger partial charge in [0.2, 0.25) is 5.78 Å². The van der Waals surface area contributed by atoms with Gasteiger partial charge in [-0.15, -0.1) is 0 Å². The first kappa shape index (κ1) is 26.4. The van der Waals surface area contributed by atoms with Gasteiger partial charge in [-0.2, -0.15) is 0 Å². The number of aliphatic hydroxyl groups is 1. The Morgan fingerprint density at radius 1 is 1.13 bits per heavy atom. The van der Waals surface area contributed by atoms with Crippen LogP contribution in [0.2, 0.25) is 0 Å². The van der Waals surface area contributed by atoms with Crippen molar-refractivity contribution in [3.05, 3.63) is 87.8 Å². The summed E-state index contributed by atoms with van der Waals surface area (Å²) in [7, 11) is 0. The molecule has 4 aromatic rings. The maximum atomic E-state index is 13.8. The highest BCUT2D eigenvalue weighted by molar-refractivity contribution is 7.17. The monoisotopic (exact) mass is 544 g/mol. The van der Waals surface area contributed by atoms with Crippen molar-refractivity contribution in [2.45, 2.75) is 46.1 Å². The van der Waals surface area contributed by atoms with Crippen molar-refractivity contribution in [2.24, 2.45) is 0 Å². The lowest BCUT2D eigenvalue weighted by molar-refractivity contribution is -0.117. The van der Waals surface area contributed by atoms with Crippen molar-refractivity contribution < 1.29 is 28.6 Å². The molecule has 200 valence electrons. The fraction of sp³-hybridized carbons (Fsp3) is 0.267. The summed E-state index contributed by atoms with van der Waals surface area (Å²) in [5.41, 5.74) is 1.45. The van der Waals surface area contributed by atoms with E-state index < -0.39 is 23.5 Å². The van der Waals surface area contributed by atoms with Crippen molar-refractivity contribution in [3.8, 4) is 5.75 Å². The zero-order chi connectivity index (χ0) is 27.7. The van der Waals surface area contributed by atoms with Crippen LogP contribution in [0.4, 0.5) is 5.13 Å². The van der Waals surface area contributed by atoms with E-state index in [0.717, 1.165) is 36.0 Å². The number of ether oxygens (including phenoxy) is 1. The molecule has 8 nitrogen and oxygen atoms in total. The minimum atomic E-state index is -0.988. The van der Waals surface area contributed by atoms with E-state index in [1.165, 1.54) is 11.8 Å². The zero-order valence-corrected chi connectivity index (χ0v) is 22.7. The second kappa shape index (κ2) is 10.9. The van der Waals surface area contributed by atoms with Gasteiger partial charge in [0.1, 0.15) is 11.3 Å². The molecule has 0 fully saturated rings. The Hall–Kier alpha value is -4.24. The Labute approximate surface area is 229 Å². The number of anilines is 1. The zero-order valence-electron chi connectivity index (χ0n) is 21.9. The predicted octanol–water partition coefficient (Wildman–Crippen LogP) is 6.75. The van der Waals surface area contributed by atoms with Gasteiger partial charge in [-0.3, -0.25) is 19.3 Å². The Morgan fingerprint density at radius 3 is 2.54 bits per heavy atom. The first-order valence-electron chi connectivity index (χ1n) is 12.8. The molecule has 0 saturated carbocycles. The second-order valence-electron chi connectivity index (χ2n) is 9.41. The summed E-state index contributed by atoms with van der Waals surface area (Å²) in [4.78, 5) is 45.5. The molecule has 1 amide bonds. The van der Waals surface area contributed by atoms with Crippen LogP contribution in [-0.2, 0) is 4.79 Å². The number of para-hydroxylation sites is 1. The number of aliphatic hydroxyl groups excluding tert-OH is 1. The molecule has 1 unspecified atom stereocenters. The van der Waals surface area contributed by atoms with E-state index in [-0.39, 0.29) is 22.2 Å². The third-order valence-electron chi connectivity index (χ3n) is 6.63. The van der Waals surface area contributed by atoms with Gasteiger partial charge < -0.3 is 14.3 Å². The Kier molecular flexibility index (Phi) is 7.34. The number of aromatic nitrogens is 1. The van der Waals surface area contributed by atoms with Gasteiger partial charge in [0.15, 0.2) is 22.4 Å². The molecule has 2 aromatic carbocycles. The molecule has 9 heteroatoms. The second-order valence-corrected chi connectivity index (χ2v) is 10.4. The number of thiazole rings is 1. The number of hydrogen-bond donors (Lipinski definition) is 1. The number of fused-ring (bicyclic) bond motifs is 1. The van der Waals surface area contributed by atoms with Crippen LogP contribution >= 0.6 is 11.3 Å². The lowest BCUT2D eigenvalue weighted by Crippen LogP contribution is -2.31. The Morgan fingerprint density at radius 2 is 1.87 bits per heavy atom. The van der Waals surface area contributed by atoms with Gasteiger partial charge in [-0.05, 0) is 43.2 Å². The molecule has 0 spiro atoms. The average molecular weight is 545 g/mol. The largest absolute Gasteiger partial charge is 0.503 e. The molecule has 1 atom stereocenters. The molecular weight excluding hydrogens is 516 g/mol. The molecule has 1 aliphatic heterocycles. The van der Waals surface area contributed by atoms with E-state index in [4.69, 9.17) is 9.15 Å². The standard InChI is InChI=1S/C30H28N2O6S/c1-4-5-8-15-37-21-13-11-19(12-14-21)25-24(26(34)23-16-20-9-6-7-10-22(20)38-23)27(35)29(36)32(25)30-31-17(2)28(39-30)18(3)33/h6-7,9-14,16,25,35H,4-5,8,15H2,1-3H3. The summed E-state index contributed by atoms with van der Waals surface area (Å²) in [6, 6.07) is 14.9. The quantitative estimate of drug-likeness (QED) is 0.174. The number of rotatable bonds is 10. The van der Waals surface area contributed by atoms with Gasteiger partial charge >= 0.3 is 0 Å². The topological polar surface area (TPSA) is 110 Å². The van der Waals surface area contributed by atoms with Crippen molar-refractivity contribution in [3.63, 3.8) is 0 Å². The summed E-state index contributed by atoms with van der Waals surface area (Å²) in [6.45, 7) is 5.83. The lowest BCUT2D eigenvalue weighted by atomic mass is 9.95. The normalized spacial score (nSPS) is 15.4. The summed E-state index contributed by atoms with van der Waals surface area (Å²) < 4.78 is 11.6. The van der Waals surface area contributed by atoms with Crippen LogP contribution in [0.5, 0.6) is 5.75 Å². The SMILES string of the molecule is CCCCCOc1ccc(C2C(C(=O)c3cc4ccccc4o3)=C(O)C(=O)N2c2nc(C)c(C(C)=O)s2)cc1. The highest BCUT2D eigenvalue weighted by atomic mass is 32.1. The number of furan rings is 1. The average Bonchev–Trinajstić information content (AvgIpc) is 3.60. The maximum Gasteiger partial charge on any atom is 0.296 e. The maximum absolute atomic E-state index is 13.8. The van der Waals surface area contributed by atoms with E-state index in [2.05, 4.69) is 11.9 Å². The van der Waals surface area contributed by atoms with Crippen molar-refractivity contribution in [2.75, 3.05) is 11.5 Å². The molecule has 1 aliphatic rings. The van der Waals surface area contributed by atoms with Gasteiger partial charge in [0.05, 0.1) is 28.8 Å². The van der Waals surface area contributed by atoms with Crippen LogP contribution in [0.1, 0.15) is 70.6 Å². The molecule has 0 aliphatic carbocycles. The minimum absolute atomic E-state index is 0.00743. The van der Waals surface area contributed by atoms with Crippen LogP contribution < -0.4 is 9.64 Å². The van der Waals surface area contributed by atoms with E-state index in [0.29, 0.717) is 34.1 Å². The fourth-order valence-electron chi connectivity index (χ4n) is 4.68. The Balaban J connectivity index is 1.56. The summed E-state index contributed by atoms with van der Waals surface area (Å²) in [6.07, 6.45) is 3.11. The molecule has 0 saturated heterocycles. The number of hydrogen-bond acceptors (Lipinski definition) is 8. The van der Waals surface area contributed by atoms with Gasteiger partial charge in [-0.25, -0.2) is 4.98 Å². The number of aryl methyl sites for hydroxylation is 1. The van der Waals surface area contributed by atoms with Crippen molar-refractivity contribution in [1.29, 1.82) is 0 Å². The molecule has 39 heavy (non-hydrogen) atoms. The van der Waals surface area contributed by atoms with E-state index >= 15 is 0 Å². The Bertz CT molecular complexity index is 1560. The fourth-order valence-corrected chi connectivity index (χ4v) is 5.67. The van der Waals surface area contributed by atoms with Gasteiger partial charge in [-0.1, -0.05) is 61.4 Å². The molecular formula is C30H28N2O6S. The first-order valence-corrected chi connectivity index (χ1v) is 13.6. The highest BCUT2D eigenvalue weighted by Crippen LogP contribution is 2.44. The van der Waals surface area contributed by atoms with Gasteiger partial charge in [0.25, 0.3) is 5.91 Å². The minimum Gasteiger partial charge on any atom is -0.503 e. The number of unbranched alkanes of at least 4 members (excludes halogenated alkanes) is 2. The van der Waals surface area contributed by atoms with Gasteiger partial charge in [0, 0.05) is 12.3 Å². The van der Waals surface area contributed by atoms with Crippen LogP contribution in [0.15, 0.2) is 70.3 Å². The number of carbonyl (C=O) groups is 3. The first-order chi connectivity index (χ1) is 18.8. The smallest absolute Gasteiger partial charge is 0.296 e. The molecule has 2 aromatic heterocycles. The molecule has 0 bridgehead atoms. The number of benzene rings is 2. The van der Waals surface area contributed by atoms with Crippen LogP contribution in [0.3, 0.4) is 0 Å². The van der Waals surface area contributed by atoms with Crippen molar-refractivity contribution in [1.82, 2.24) is 4.98 Å². The van der Waals surface area contributed by atoms with Crippen LogP contribution in [0, 0.1) is 6.92 Å². The molecule has 1 N–H and O–H groups in total. The summed E-state index contributed by atoms with van der Waals surface area (Å²) in [5.74, 6) is -1.57. The number of Topliss-reactive ketones (excluding diaryl/α,β-unsaturated/α-hetero) is 2. The predicted molar refractivity (Wildman–Crippen MR) is 149 cm³/mol. The number of nitrogens with zero attached hydrogens (tertiary/aromatic N) is 2. The summed E-state index contributed by atoms with van der Waals surface area (Å²) >= 11 is 1.05. The molecule has 0 radical (unpaired) electrons.